The average molecular weight is 289 g/mol. The molecule has 3 unspecified atom stereocenters. The molecule has 1 saturated carbocycles. The van der Waals surface area contributed by atoms with Gasteiger partial charge in [0.1, 0.15) is 0 Å². The van der Waals surface area contributed by atoms with Crippen LogP contribution in [0.2, 0.25) is 0 Å². The molecular formula is C17H23NO3. The van der Waals surface area contributed by atoms with Gasteiger partial charge in [-0.2, -0.15) is 0 Å². The van der Waals surface area contributed by atoms with E-state index in [4.69, 9.17) is 0 Å². The Hall–Kier alpha value is -1.84. The Morgan fingerprint density at radius 1 is 1.19 bits per heavy atom. The molecule has 1 N–H and O–H groups in total. The summed E-state index contributed by atoms with van der Waals surface area (Å²) >= 11 is 0. The van der Waals surface area contributed by atoms with Crippen LogP contribution in [0, 0.1) is 17.8 Å². The molecule has 3 atom stereocenters. The molecule has 0 heterocycles. The summed E-state index contributed by atoms with van der Waals surface area (Å²) < 4.78 is 0. The van der Waals surface area contributed by atoms with Crippen molar-refractivity contribution in [3.05, 3.63) is 29.8 Å². The van der Waals surface area contributed by atoms with Crippen molar-refractivity contribution in [1.29, 1.82) is 0 Å². The summed E-state index contributed by atoms with van der Waals surface area (Å²) in [6.07, 6.45) is 2.21. The van der Waals surface area contributed by atoms with Gasteiger partial charge in [0.15, 0.2) is 0 Å². The lowest BCUT2D eigenvalue weighted by molar-refractivity contribution is -0.145. The van der Waals surface area contributed by atoms with E-state index >= 15 is 0 Å². The highest BCUT2D eigenvalue weighted by Gasteiger charge is 2.42. The van der Waals surface area contributed by atoms with Crippen LogP contribution in [0.15, 0.2) is 24.3 Å². The summed E-state index contributed by atoms with van der Waals surface area (Å²) in [7, 11) is 1.73. The molecule has 114 valence electrons. The van der Waals surface area contributed by atoms with E-state index in [-0.39, 0.29) is 11.8 Å². The van der Waals surface area contributed by atoms with Gasteiger partial charge in [0, 0.05) is 12.7 Å². The zero-order valence-corrected chi connectivity index (χ0v) is 12.9. The summed E-state index contributed by atoms with van der Waals surface area (Å²) in [6, 6.07) is 7.85. The van der Waals surface area contributed by atoms with Crippen molar-refractivity contribution in [2.75, 3.05) is 11.9 Å². The summed E-state index contributed by atoms with van der Waals surface area (Å²) in [6.45, 7) is 4.10. The van der Waals surface area contributed by atoms with Crippen LogP contribution in [0.4, 0.5) is 5.69 Å². The van der Waals surface area contributed by atoms with E-state index in [1.165, 1.54) is 5.56 Å². The summed E-state index contributed by atoms with van der Waals surface area (Å²) in [5.41, 5.74) is 2.04. The highest BCUT2D eigenvalue weighted by atomic mass is 16.4. The van der Waals surface area contributed by atoms with E-state index < -0.39 is 17.8 Å². The molecule has 2 rings (SSSR count). The first-order chi connectivity index (χ1) is 9.93. The van der Waals surface area contributed by atoms with E-state index in [1.54, 1.807) is 11.9 Å². The summed E-state index contributed by atoms with van der Waals surface area (Å²) in [5.74, 6) is -1.61. The quantitative estimate of drug-likeness (QED) is 0.927. The topological polar surface area (TPSA) is 57.6 Å². The summed E-state index contributed by atoms with van der Waals surface area (Å²) in [5, 5.41) is 9.30. The number of hydrogen-bond acceptors (Lipinski definition) is 2. The second-order valence-electron chi connectivity index (χ2n) is 6.05. The molecule has 4 heteroatoms. The molecule has 21 heavy (non-hydrogen) atoms. The fourth-order valence-corrected chi connectivity index (χ4v) is 3.17. The Balaban J connectivity index is 2.15. The van der Waals surface area contributed by atoms with Crippen molar-refractivity contribution >= 4 is 17.6 Å². The molecule has 0 aliphatic heterocycles. The predicted octanol–water partition coefficient (Wildman–Crippen LogP) is 2.96. The Morgan fingerprint density at radius 2 is 1.76 bits per heavy atom. The molecule has 1 amide bonds. The van der Waals surface area contributed by atoms with Gasteiger partial charge < -0.3 is 10.0 Å². The third-order valence-corrected chi connectivity index (χ3v) is 4.50. The molecule has 0 spiro atoms. The Kier molecular flexibility index (Phi) is 4.66. The van der Waals surface area contributed by atoms with Gasteiger partial charge in [0.05, 0.1) is 11.8 Å². The van der Waals surface area contributed by atoms with Crippen LogP contribution in [-0.4, -0.2) is 24.0 Å². The highest BCUT2D eigenvalue weighted by Crippen LogP contribution is 2.38. The number of hydrogen-bond donors (Lipinski definition) is 1. The number of anilines is 1. The minimum atomic E-state index is -0.854. The number of carboxylic acid groups (broad SMARTS) is 1. The fraction of sp³-hybridized carbons (Fsp3) is 0.529. The van der Waals surface area contributed by atoms with Crippen LogP contribution < -0.4 is 4.90 Å². The van der Waals surface area contributed by atoms with E-state index in [0.29, 0.717) is 12.8 Å². The minimum Gasteiger partial charge on any atom is -0.481 e. The number of rotatable bonds is 4. The number of benzene rings is 1. The Labute approximate surface area is 125 Å². The first-order valence-electron chi connectivity index (χ1n) is 7.53. The maximum Gasteiger partial charge on any atom is 0.307 e. The van der Waals surface area contributed by atoms with Gasteiger partial charge in [-0.3, -0.25) is 9.59 Å². The second kappa shape index (κ2) is 6.29. The van der Waals surface area contributed by atoms with Crippen molar-refractivity contribution in [2.45, 2.75) is 33.1 Å². The van der Waals surface area contributed by atoms with Gasteiger partial charge in [-0.15, -0.1) is 0 Å². The third kappa shape index (κ3) is 3.26. The third-order valence-electron chi connectivity index (χ3n) is 4.50. The van der Waals surface area contributed by atoms with Gasteiger partial charge >= 0.3 is 5.97 Å². The van der Waals surface area contributed by atoms with Crippen LogP contribution in [0.5, 0.6) is 0 Å². The van der Waals surface area contributed by atoms with E-state index in [9.17, 15) is 14.7 Å². The number of aliphatic carboxylic acids is 1. The van der Waals surface area contributed by atoms with E-state index in [2.05, 4.69) is 6.92 Å². The van der Waals surface area contributed by atoms with Crippen LogP contribution in [-0.2, 0) is 16.0 Å². The fourth-order valence-electron chi connectivity index (χ4n) is 3.17. The number of carbonyl (C=O) groups is 2. The number of amides is 1. The zero-order valence-electron chi connectivity index (χ0n) is 12.9. The smallest absolute Gasteiger partial charge is 0.307 e. The molecule has 0 aromatic heterocycles. The van der Waals surface area contributed by atoms with Crippen LogP contribution in [0.1, 0.15) is 32.3 Å². The van der Waals surface area contributed by atoms with Crippen molar-refractivity contribution in [3.63, 3.8) is 0 Å². The highest BCUT2D eigenvalue weighted by molar-refractivity contribution is 5.97. The molecule has 0 saturated heterocycles. The largest absolute Gasteiger partial charge is 0.481 e. The second-order valence-corrected chi connectivity index (χ2v) is 6.05. The van der Waals surface area contributed by atoms with E-state index in [1.807, 2.05) is 31.2 Å². The van der Waals surface area contributed by atoms with Crippen LogP contribution in [0.25, 0.3) is 0 Å². The normalized spacial score (nSPS) is 24.8. The lowest BCUT2D eigenvalue weighted by Crippen LogP contribution is -2.36. The van der Waals surface area contributed by atoms with Gasteiger partial charge in [0.2, 0.25) is 5.91 Å². The number of carboxylic acids is 1. The molecule has 0 radical (unpaired) electrons. The van der Waals surface area contributed by atoms with Crippen molar-refractivity contribution in [3.8, 4) is 0 Å². The molecule has 1 aromatic rings. The predicted molar refractivity (Wildman–Crippen MR) is 82.2 cm³/mol. The monoisotopic (exact) mass is 289 g/mol. The van der Waals surface area contributed by atoms with Gasteiger partial charge in [-0.1, -0.05) is 26.0 Å². The zero-order chi connectivity index (χ0) is 15.6. The summed E-state index contributed by atoms with van der Waals surface area (Å²) in [4.78, 5) is 25.6. The first-order valence-corrected chi connectivity index (χ1v) is 7.53. The molecule has 1 aliphatic carbocycles. The lowest BCUT2D eigenvalue weighted by Gasteiger charge is -2.23. The minimum absolute atomic E-state index is 0.0870. The SMILES string of the molecule is CCc1ccc(N(C)C(=O)C2CC(C)CC2C(=O)O)cc1. The van der Waals surface area contributed by atoms with Crippen molar-refractivity contribution in [1.82, 2.24) is 0 Å². The van der Waals surface area contributed by atoms with Crippen LogP contribution in [0.3, 0.4) is 0 Å². The Bertz CT molecular complexity index is 523. The standard InChI is InChI=1S/C17H23NO3/c1-4-12-5-7-13(8-6-12)18(3)16(19)14-9-11(2)10-15(14)17(20)21/h5-8,11,14-15H,4,9-10H2,1-3H3,(H,20,21). The molecule has 1 fully saturated rings. The van der Waals surface area contributed by atoms with Crippen LogP contribution >= 0.6 is 0 Å². The van der Waals surface area contributed by atoms with Gasteiger partial charge in [-0.25, -0.2) is 0 Å². The average Bonchev–Trinajstić information content (AvgIpc) is 2.88. The van der Waals surface area contributed by atoms with Crippen molar-refractivity contribution in [2.24, 2.45) is 17.8 Å². The number of nitrogens with zero attached hydrogens (tertiary/aromatic N) is 1. The van der Waals surface area contributed by atoms with Gasteiger partial charge in [-0.05, 0) is 42.9 Å². The van der Waals surface area contributed by atoms with Crippen molar-refractivity contribution < 1.29 is 14.7 Å². The van der Waals surface area contributed by atoms with E-state index in [0.717, 1.165) is 12.1 Å². The molecular weight excluding hydrogens is 266 g/mol. The first kappa shape index (κ1) is 15.5. The lowest BCUT2D eigenvalue weighted by atomic mass is 9.94. The molecule has 1 aromatic carbocycles. The maximum atomic E-state index is 12.6. The molecule has 4 nitrogen and oxygen atoms in total. The Morgan fingerprint density at radius 3 is 2.29 bits per heavy atom. The van der Waals surface area contributed by atoms with Gasteiger partial charge in [0.25, 0.3) is 0 Å². The number of aryl methyl sites for hydroxylation is 1. The molecule has 0 bridgehead atoms. The number of carbonyl (C=O) groups excluding carboxylic acids is 1. The maximum absolute atomic E-state index is 12.6. The molecule has 1 aliphatic rings.